The maximum atomic E-state index is 13.2. The number of rotatable bonds is 6. The van der Waals surface area contributed by atoms with E-state index in [0.29, 0.717) is 12.4 Å². The lowest BCUT2D eigenvalue weighted by Gasteiger charge is -2.35. The highest BCUT2D eigenvalue weighted by Gasteiger charge is 2.32. The Morgan fingerprint density at radius 2 is 1.66 bits per heavy atom. The highest BCUT2D eigenvalue weighted by Crippen LogP contribution is 2.28. The Morgan fingerprint density at radius 1 is 1.09 bits per heavy atom. The van der Waals surface area contributed by atoms with Crippen molar-refractivity contribution in [2.24, 2.45) is 0 Å². The van der Waals surface area contributed by atoms with Gasteiger partial charge >= 0.3 is 12.3 Å². The molecular weight excluding hydrogens is 441 g/mol. The Kier molecular flexibility index (Phi) is 8.18. The number of hydrogen-bond donors (Lipinski definition) is 1. The summed E-state index contributed by atoms with van der Waals surface area (Å²) in [5, 5.41) is 2.09. The largest absolute Gasteiger partial charge is 0.444 e. The molecule has 1 aromatic rings. The Bertz CT molecular complexity index is 775. The molecule has 1 N–H and O–H groups in total. The van der Waals surface area contributed by atoms with Gasteiger partial charge in [0.15, 0.2) is 0 Å². The molecule has 2 rings (SSSR count). The minimum atomic E-state index is -4.53. The van der Waals surface area contributed by atoms with E-state index in [-0.39, 0.29) is 50.9 Å². The number of aromatic nitrogens is 2. The fourth-order valence-electron chi connectivity index (χ4n) is 2.94. The number of hydrogen-bond acceptors (Lipinski definition) is 6. The molecule has 0 radical (unpaired) electrons. The molecule has 2 amide bonds. The molecular formula is C19H26F5N5O3. The van der Waals surface area contributed by atoms with Crippen LogP contribution in [-0.4, -0.2) is 71.1 Å². The Morgan fingerprint density at radius 3 is 2.12 bits per heavy atom. The highest BCUT2D eigenvalue weighted by atomic mass is 19.4. The number of alkyl carbamates (subject to hydrolysis) is 1. The van der Waals surface area contributed by atoms with E-state index in [1.54, 1.807) is 25.7 Å². The second-order valence-electron chi connectivity index (χ2n) is 8.26. The highest BCUT2D eigenvalue weighted by molar-refractivity contribution is 5.76. The van der Waals surface area contributed by atoms with Crippen molar-refractivity contribution >= 4 is 17.9 Å². The zero-order valence-corrected chi connectivity index (χ0v) is 18.0. The number of alkyl halides is 5. The molecule has 0 aromatic carbocycles. The van der Waals surface area contributed by atoms with E-state index in [0.717, 1.165) is 0 Å². The van der Waals surface area contributed by atoms with Crippen molar-refractivity contribution < 1.29 is 36.3 Å². The quantitative estimate of drug-likeness (QED) is 0.647. The third kappa shape index (κ3) is 7.75. The normalized spacial score (nSPS) is 16.2. The first-order valence-electron chi connectivity index (χ1n) is 9.96. The first-order chi connectivity index (χ1) is 14.8. The maximum Gasteiger partial charge on any atom is 0.419 e. The van der Waals surface area contributed by atoms with E-state index in [4.69, 9.17) is 4.74 Å². The van der Waals surface area contributed by atoms with Gasteiger partial charge in [0.2, 0.25) is 11.9 Å². The number of piperazine rings is 1. The van der Waals surface area contributed by atoms with Crippen LogP contribution in [0.3, 0.4) is 0 Å². The molecule has 1 aliphatic rings. The third-order valence-corrected chi connectivity index (χ3v) is 4.56. The fourth-order valence-corrected chi connectivity index (χ4v) is 2.94. The molecule has 0 aliphatic carbocycles. The van der Waals surface area contributed by atoms with Crippen molar-refractivity contribution in [2.45, 2.75) is 57.9 Å². The van der Waals surface area contributed by atoms with E-state index < -0.39 is 35.9 Å². The summed E-state index contributed by atoms with van der Waals surface area (Å²) < 4.78 is 69.3. The number of carbonyl (C=O) groups excluding carboxylic acids is 2. The van der Waals surface area contributed by atoms with Crippen LogP contribution in [0.5, 0.6) is 0 Å². The van der Waals surface area contributed by atoms with Crippen molar-refractivity contribution in [2.75, 3.05) is 31.1 Å². The monoisotopic (exact) mass is 467 g/mol. The van der Waals surface area contributed by atoms with E-state index in [2.05, 4.69) is 15.3 Å². The van der Waals surface area contributed by atoms with Crippen LogP contribution in [0.2, 0.25) is 0 Å². The van der Waals surface area contributed by atoms with Crippen LogP contribution < -0.4 is 10.2 Å². The first kappa shape index (κ1) is 25.5. The van der Waals surface area contributed by atoms with Gasteiger partial charge in [-0.1, -0.05) is 0 Å². The van der Waals surface area contributed by atoms with Crippen molar-refractivity contribution in [3.05, 3.63) is 18.0 Å². The summed E-state index contributed by atoms with van der Waals surface area (Å²) >= 11 is 0. The number of carbonyl (C=O) groups is 2. The molecule has 0 bridgehead atoms. The summed E-state index contributed by atoms with van der Waals surface area (Å²) in [7, 11) is 0. The summed E-state index contributed by atoms with van der Waals surface area (Å²) in [6.45, 7) is 5.84. The molecule has 1 unspecified atom stereocenters. The van der Waals surface area contributed by atoms with Crippen LogP contribution in [-0.2, 0) is 15.7 Å². The Balaban J connectivity index is 1.83. The summed E-state index contributed by atoms with van der Waals surface area (Å²) in [5.74, 6) is -0.251. The second kappa shape index (κ2) is 10.3. The van der Waals surface area contributed by atoms with Gasteiger partial charge in [-0.05, 0) is 27.2 Å². The molecule has 1 aliphatic heterocycles. The molecule has 180 valence electrons. The third-order valence-electron chi connectivity index (χ3n) is 4.56. The maximum absolute atomic E-state index is 13.2. The Labute approximate surface area is 182 Å². The predicted molar refractivity (Wildman–Crippen MR) is 104 cm³/mol. The van der Waals surface area contributed by atoms with Crippen LogP contribution >= 0.6 is 0 Å². The summed E-state index contributed by atoms with van der Waals surface area (Å²) in [5.41, 5.74) is -1.80. The standard InChI is InChI=1S/C19H26F5N5O3/c1-18(2,3)32-17(31)27-13(15(20)21)4-5-14(30)28-6-8-29(9-7-28)16-25-10-12(11-26-16)19(22,23)24/h10-11,13,15H,4-9H2,1-3H3,(H,27,31). The summed E-state index contributed by atoms with van der Waals surface area (Å²) in [6.07, 6.45) is -7.47. The molecule has 1 fully saturated rings. The molecule has 1 aromatic heterocycles. The van der Waals surface area contributed by atoms with Gasteiger partial charge in [0.25, 0.3) is 6.43 Å². The second-order valence-corrected chi connectivity index (χ2v) is 8.26. The number of ether oxygens (including phenoxy) is 1. The van der Waals surface area contributed by atoms with Crippen LogP contribution in [0.4, 0.5) is 32.7 Å². The molecule has 13 heteroatoms. The fraction of sp³-hybridized carbons (Fsp3) is 0.684. The van der Waals surface area contributed by atoms with Crippen LogP contribution in [0.1, 0.15) is 39.2 Å². The molecule has 32 heavy (non-hydrogen) atoms. The number of halogens is 5. The topological polar surface area (TPSA) is 87.7 Å². The molecule has 1 atom stereocenters. The lowest BCUT2D eigenvalue weighted by atomic mass is 10.1. The average Bonchev–Trinajstić information content (AvgIpc) is 2.69. The molecule has 2 heterocycles. The zero-order valence-electron chi connectivity index (χ0n) is 18.0. The van der Waals surface area contributed by atoms with Crippen molar-refractivity contribution in [1.82, 2.24) is 20.2 Å². The van der Waals surface area contributed by atoms with E-state index in [1.807, 2.05) is 0 Å². The lowest BCUT2D eigenvalue weighted by molar-refractivity contribution is -0.138. The van der Waals surface area contributed by atoms with Gasteiger partial charge in [0.05, 0.1) is 11.6 Å². The minimum absolute atomic E-state index is 0.115. The molecule has 0 spiro atoms. The van der Waals surface area contributed by atoms with Gasteiger partial charge in [-0.2, -0.15) is 13.2 Å². The van der Waals surface area contributed by atoms with Gasteiger partial charge in [-0.25, -0.2) is 23.5 Å². The number of anilines is 1. The summed E-state index contributed by atoms with van der Waals surface area (Å²) in [6, 6.07) is -1.53. The minimum Gasteiger partial charge on any atom is -0.444 e. The van der Waals surface area contributed by atoms with Crippen molar-refractivity contribution in [1.29, 1.82) is 0 Å². The van der Waals surface area contributed by atoms with Crippen molar-refractivity contribution in [3.63, 3.8) is 0 Å². The van der Waals surface area contributed by atoms with Crippen molar-refractivity contribution in [3.8, 4) is 0 Å². The van der Waals surface area contributed by atoms with E-state index >= 15 is 0 Å². The van der Waals surface area contributed by atoms with Gasteiger partial charge in [-0.3, -0.25) is 4.79 Å². The average molecular weight is 467 g/mol. The van der Waals surface area contributed by atoms with Crippen LogP contribution in [0.25, 0.3) is 0 Å². The van der Waals surface area contributed by atoms with E-state index in [1.165, 1.54) is 4.90 Å². The molecule has 0 saturated carbocycles. The summed E-state index contributed by atoms with van der Waals surface area (Å²) in [4.78, 5) is 34.7. The van der Waals surface area contributed by atoms with Gasteiger partial charge in [0.1, 0.15) is 5.60 Å². The number of nitrogens with zero attached hydrogens (tertiary/aromatic N) is 4. The van der Waals surface area contributed by atoms with E-state index in [9.17, 15) is 31.5 Å². The Hall–Kier alpha value is -2.73. The number of amides is 2. The van der Waals surface area contributed by atoms with Crippen LogP contribution in [0.15, 0.2) is 12.4 Å². The smallest absolute Gasteiger partial charge is 0.419 e. The SMILES string of the molecule is CC(C)(C)OC(=O)NC(CCC(=O)N1CCN(c2ncc(C(F)(F)F)cn2)CC1)C(F)F. The lowest BCUT2D eigenvalue weighted by Crippen LogP contribution is -2.50. The zero-order chi connectivity index (χ0) is 24.1. The number of nitrogens with one attached hydrogen (secondary N) is 1. The molecule has 1 saturated heterocycles. The predicted octanol–water partition coefficient (Wildman–Crippen LogP) is 3.08. The first-order valence-corrected chi connectivity index (χ1v) is 9.96. The van der Waals surface area contributed by atoms with Gasteiger partial charge in [0, 0.05) is 45.0 Å². The van der Waals surface area contributed by atoms with Gasteiger partial charge < -0.3 is 19.9 Å². The van der Waals surface area contributed by atoms with Gasteiger partial charge in [-0.15, -0.1) is 0 Å². The molecule has 8 nitrogen and oxygen atoms in total. The van der Waals surface area contributed by atoms with Crippen LogP contribution in [0, 0.1) is 0 Å².